The Morgan fingerprint density at radius 3 is 2.75 bits per heavy atom. The molecule has 3 heteroatoms. The molecule has 1 aromatic heterocycles. The molecule has 0 saturated heterocycles. The first-order valence-corrected chi connectivity index (χ1v) is 5.36. The molecule has 3 nitrogen and oxygen atoms in total. The van der Waals surface area contributed by atoms with Gasteiger partial charge in [0, 0.05) is 17.1 Å². The average molecular weight is 217 g/mol. The van der Waals surface area contributed by atoms with E-state index in [1.807, 2.05) is 38.1 Å². The van der Waals surface area contributed by atoms with Gasteiger partial charge in [0.2, 0.25) is 0 Å². The van der Waals surface area contributed by atoms with Crippen molar-refractivity contribution in [2.75, 3.05) is 0 Å². The van der Waals surface area contributed by atoms with Crippen LogP contribution in [0.4, 0.5) is 0 Å². The summed E-state index contributed by atoms with van der Waals surface area (Å²) in [4.78, 5) is 4.28. The van der Waals surface area contributed by atoms with Gasteiger partial charge in [0.15, 0.2) is 0 Å². The van der Waals surface area contributed by atoms with Crippen molar-refractivity contribution in [1.29, 1.82) is 0 Å². The molecule has 0 radical (unpaired) electrons. The highest BCUT2D eigenvalue weighted by atomic mass is 16.5. The van der Waals surface area contributed by atoms with Gasteiger partial charge in [-0.1, -0.05) is 12.1 Å². The number of benzene rings is 1. The third-order valence-electron chi connectivity index (χ3n) is 2.32. The van der Waals surface area contributed by atoms with Gasteiger partial charge in [-0.05, 0) is 26.0 Å². The van der Waals surface area contributed by atoms with Crippen LogP contribution in [-0.4, -0.2) is 16.2 Å². The molecule has 2 aromatic rings. The first-order chi connectivity index (χ1) is 7.72. The normalized spacial score (nSPS) is 11.0. The van der Waals surface area contributed by atoms with Crippen LogP contribution in [0.25, 0.3) is 10.9 Å². The van der Waals surface area contributed by atoms with Gasteiger partial charge in [0.05, 0.1) is 18.2 Å². The number of para-hydroxylation sites is 1. The molecular weight excluding hydrogens is 202 g/mol. The lowest BCUT2D eigenvalue weighted by Gasteiger charge is -2.15. The summed E-state index contributed by atoms with van der Waals surface area (Å²) >= 11 is 0. The fraction of sp³-hybridized carbons (Fsp3) is 0.308. The number of pyridine rings is 1. The summed E-state index contributed by atoms with van der Waals surface area (Å²) < 4.78 is 5.75. The third-order valence-corrected chi connectivity index (χ3v) is 2.32. The molecule has 0 fully saturated rings. The summed E-state index contributed by atoms with van der Waals surface area (Å²) in [6, 6.07) is 7.77. The van der Waals surface area contributed by atoms with Crippen molar-refractivity contribution >= 4 is 10.9 Å². The number of nitrogens with zero attached hydrogens (tertiary/aromatic N) is 1. The molecular formula is C13H15NO2. The van der Waals surface area contributed by atoms with E-state index in [1.54, 1.807) is 6.20 Å². The van der Waals surface area contributed by atoms with E-state index in [-0.39, 0.29) is 12.7 Å². The maximum absolute atomic E-state index is 9.27. The molecule has 0 atom stereocenters. The maximum Gasteiger partial charge on any atom is 0.136 e. The summed E-state index contributed by atoms with van der Waals surface area (Å²) in [6.45, 7) is 3.88. The Bertz CT molecular complexity index is 494. The second-order valence-corrected chi connectivity index (χ2v) is 3.95. The molecule has 1 aromatic carbocycles. The lowest BCUT2D eigenvalue weighted by molar-refractivity contribution is 0.228. The van der Waals surface area contributed by atoms with E-state index in [2.05, 4.69) is 4.98 Å². The van der Waals surface area contributed by atoms with Crippen molar-refractivity contribution in [2.24, 2.45) is 0 Å². The molecule has 2 rings (SSSR count). The second-order valence-electron chi connectivity index (χ2n) is 3.95. The Hall–Kier alpha value is -1.61. The summed E-state index contributed by atoms with van der Waals surface area (Å²) in [6.07, 6.45) is 1.75. The number of hydrogen-bond acceptors (Lipinski definition) is 3. The summed E-state index contributed by atoms with van der Waals surface area (Å²) in [7, 11) is 0. The van der Waals surface area contributed by atoms with Gasteiger partial charge in [0.25, 0.3) is 0 Å². The van der Waals surface area contributed by atoms with Crippen molar-refractivity contribution in [2.45, 2.75) is 26.6 Å². The van der Waals surface area contributed by atoms with Crippen LogP contribution in [0.3, 0.4) is 0 Å². The molecule has 84 valence electrons. The number of ether oxygens (including phenoxy) is 1. The topological polar surface area (TPSA) is 42.4 Å². The van der Waals surface area contributed by atoms with E-state index in [0.29, 0.717) is 0 Å². The quantitative estimate of drug-likeness (QED) is 0.859. The fourth-order valence-corrected chi connectivity index (χ4v) is 1.64. The van der Waals surface area contributed by atoms with Gasteiger partial charge >= 0.3 is 0 Å². The monoisotopic (exact) mass is 217 g/mol. The van der Waals surface area contributed by atoms with Crippen LogP contribution < -0.4 is 4.74 Å². The largest absolute Gasteiger partial charge is 0.490 e. The second kappa shape index (κ2) is 4.49. The van der Waals surface area contributed by atoms with Crippen LogP contribution in [-0.2, 0) is 6.61 Å². The van der Waals surface area contributed by atoms with E-state index in [9.17, 15) is 5.11 Å². The molecule has 1 N–H and O–H groups in total. The summed E-state index contributed by atoms with van der Waals surface area (Å²) in [5, 5.41) is 10.2. The smallest absolute Gasteiger partial charge is 0.136 e. The van der Waals surface area contributed by atoms with Crippen molar-refractivity contribution in [1.82, 2.24) is 4.98 Å². The average Bonchev–Trinajstić information content (AvgIpc) is 2.29. The predicted molar refractivity (Wildman–Crippen MR) is 63.4 cm³/mol. The van der Waals surface area contributed by atoms with Crippen LogP contribution >= 0.6 is 0 Å². The van der Waals surface area contributed by atoms with Gasteiger partial charge in [-0.25, -0.2) is 0 Å². The van der Waals surface area contributed by atoms with Gasteiger partial charge in [-0.15, -0.1) is 0 Å². The van der Waals surface area contributed by atoms with Gasteiger partial charge in [0.1, 0.15) is 5.75 Å². The molecule has 0 aliphatic carbocycles. The van der Waals surface area contributed by atoms with E-state index in [0.717, 1.165) is 22.2 Å². The Morgan fingerprint density at radius 2 is 2.06 bits per heavy atom. The van der Waals surface area contributed by atoms with Crippen molar-refractivity contribution < 1.29 is 9.84 Å². The molecule has 0 aliphatic heterocycles. The van der Waals surface area contributed by atoms with Crippen LogP contribution in [0.15, 0.2) is 30.5 Å². The number of rotatable bonds is 3. The van der Waals surface area contributed by atoms with Crippen LogP contribution in [0, 0.1) is 0 Å². The molecule has 0 unspecified atom stereocenters. The summed E-state index contributed by atoms with van der Waals surface area (Å²) in [5.74, 6) is 0.739. The molecule has 1 heterocycles. The van der Waals surface area contributed by atoms with Gasteiger partial charge < -0.3 is 9.84 Å². The number of aliphatic hydroxyl groups excluding tert-OH is 1. The fourth-order valence-electron chi connectivity index (χ4n) is 1.64. The lowest BCUT2D eigenvalue weighted by Crippen LogP contribution is -2.08. The Balaban J connectivity index is 2.63. The van der Waals surface area contributed by atoms with Crippen LogP contribution in [0.2, 0.25) is 0 Å². The molecule has 0 saturated carbocycles. The molecule has 0 aliphatic rings. The lowest BCUT2D eigenvalue weighted by atomic mass is 10.1. The minimum atomic E-state index is -0.0557. The molecule has 16 heavy (non-hydrogen) atoms. The van der Waals surface area contributed by atoms with E-state index < -0.39 is 0 Å². The van der Waals surface area contributed by atoms with Crippen LogP contribution in [0.5, 0.6) is 5.75 Å². The Labute approximate surface area is 94.7 Å². The molecule has 0 amide bonds. The van der Waals surface area contributed by atoms with Crippen molar-refractivity contribution in [3.63, 3.8) is 0 Å². The van der Waals surface area contributed by atoms with Crippen molar-refractivity contribution in [3.8, 4) is 5.75 Å². The number of fused-ring (bicyclic) bond motifs is 1. The van der Waals surface area contributed by atoms with Crippen LogP contribution in [0.1, 0.15) is 19.4 Å². The van der Waals surface area contributed by atoms with E-state index in [1.165, 1.54) is 0 Å². The van der Waals surface area contributed by atoms with Crippen molar-refractivity contribution in [3.05, 3.63) is 36.0 Å². The Morgan fingerprint density at radius 1 is 1.31 bits per heavy atom. The predicted octanol–water partition coefficient (Wildman–Crippen LogP) is 2.51. The van der Waals surface area contributed by atoms with E-state index in [4.69, 9.17) is 4.74 Å². The van der Waals surface area contributed by atoms with E-state index >= 15 is 0 Å². The number of aromatic nitrogens is 1. The van der Waals surface area contributed by atoms with Gasteiger partial charge in [-0.3, -0.25) is 4.98 Å². The maximum atomic E-state index is 9.27. The minimum Gasteiger partial charge on any atom is -0.490 e. The highest BCUT2D eigenvalue weighted by Crippen LogP contribution is 2.29. The highest BCUT2D eigenvalue weighted by molar-refractivity contribution is 5.86. The number of hydrogen-bond donors (Lipinski definition) is 1. The summed E-state index contributed by atoms with van der Waals surface area (Å²) in [5.41, 5.74) is 1.61. The zero-order valence-corrected chi connectivity index (χ0v) is 9.47. The first kappa shape index (κ1) is 10.9. The number of aliphatic hydroxyl groups is 1. The first-order valence-electron chi connectivity index (χ1n) is 5.36. The molecule has 0 spiro atoms. The van der Waals surface area contributed by atoms with Gasteiger partial charge in [-0.2, -0.15) is 0 Å². The standard InChI is InChI=1S/C13H15NO2/c1-9(2)16-13-10(8-15)7-14-12-6-4-3-5-11(12)13/h3-7,9,15H,8H2,1-2H3. The SMILES string of the molecule is CC(C)Oc1c(CO)cnc2ccccc12. The zero-order chi connectivity index (χ0) is 11.5. The minimum absolute atomic E-state index is 0.0557. The highest BCUT2D eigenvalue weighted by Gasteiger charge is 2.10. The molecule has 0 bridgehead atoms. The zero-order valence-electron chi connectivity index (χ0n) is 9.47. The third kappa shape index (κ3) is 1.99. The Kier molecular flexibility index (Phi) is 3.06.